The van der Waals surface area contributed by atoms with Gasteiger partial charge in [0.1, 0.15) is 11.2 Å². The maximum absolute atomic E-state index is 6.59. The van der Waals surface area contributed by atoms with Gasteiger partial charge in [-0.2, -0.15) is 0 Å². The van der Waals surface area contributed by atoms with Gasteiger partial charge in [0.05, 0.1) is 5.69 Å². The molecule has 0 aliphatic rings. The summed E-state index contributed by atoms with van der Waals surface area (Å²) in [6.45, 7) is 4.51. The van der Waals surface area contributed by atoms with Gasteiger partial charge in [-0.25, -0.2) is 0 Å². The number of hydrogen-bond donors (Lipinski definition) is 0. The van der Waals surface area contributed by atoms with E-state index >= 15 is 0 Å². The summed E-state index contributed by atoms with van der Waals surface area (Å²) < 4.78 is 6.59. The molecule has 0 fully saturated rings. The molecule has 1 heterocycles. The highest BCUT2D eigenvalue weighted by atomic mass is 16.3. The monoisotopic (exact) mass is 579 g/mol. The standard InChI is InChI=1S/C43H33NO/c1-29(2)36-18-11-19-41-42(36)39-28-40(37-16-9-10-17-38(37)43(39)45-41)44(34-14-7-4-8-15-34)35-26-24-33(25-27-35)32-22-20-31(21-23-32)30-12-5-3-6-13-30/h3-29H,1-2H3. The summed E-state index contributed by atoms with van der Waals surface area (Å²) in [5, 5.41) is 4.63. The molecule has 0 bridgehead atoms. The van der Waals surface area contributed by atoms with Crippen LogP contribution in [0.1, 0.15) is 25.3 Å². The molecular weight excluding hydrogens is 546 g/mol. The van der Waals surface area contributed by atoms with Crippen LogP contribution in [0, 0.1) is 0 Å². The van der Waals surface area contributed by atoms with Crippen molar-refractivity contribution in [2.24, 2.45) is 0 Å². The Morgan fingerprint density at radius 1 is 0.467 bits per heavy atom. The van der Waals surface area contributed by atoms with Crippen molar-refractivity contribution in [2.45, 2.75) is 19.8 Å². The van der Waals surface area contributed by atoms with E-state index in [9.17, 15) is 0 Å². The molecule has 45 heavy (non-hydrogen) atoms. The maximum Gasteiger partial charge on any atom is 0.143 e. The number of para-hydroxylation sites is 1. The van der Waals surface area contributed by atoms with E-state index in [1.807, 2.05) is 0 Å². The van der Waals surface area contributed by atoms with E-state index in [2.05, 4.69) is 176 Å². The predicted octanol–water partition coefficient (Wildman–Crippen LogP) is 12.7. The number of nitrogens with zero attached hydrogens (tertiary/aromatic N) is 1. The van der Waals surface area contributed by atoms with Crippen LogP contribution in [0.5, 0.6) is 0 Å². The summed E-state index contributed by atoms with van der Waals surface area (Å²) >= 11 is 0. The van der Waals surface area contributed by atoms with Gasteiger partial charge in [-0.1, -0.05) is 135 Å². The van der Waals surface area contributed by atoms with Crippen molar-refractivity contribution in [3.05, 3.63) is 163 Å². The minimum absolute atomic E-state index is 0.379. The SMILES string of the molecule is CC(C)c1cccc2oc3c4ccccc4c(N(c4ccccc4)c4ccc(-c5ccc(-c6ccccc6)cc5)cc4)cc3c12. The fraction of sp³-hybridized carbons (Fsp3) is 0.0698. The predicted molar refractivity (Wildman–Crippen MR) is 191 cm³/mol. The summed E-state index contributed by atoms with van der Waals surface area (Å²) in [6.07, 6.45) is 0. The molecular formula is C43H33NO. The topological polar surface area (TPSA) is 16.4 Å². The molecule has 1 aromatic heterocycles. The van der Waals surface area contributed by atoms with E-state index in [0.717, 1.165) is 44.4 Å². The summed E-state index contributed by atoms with van der Waals surface area (Å²) in [5.74, 6) is 0.379. The molecule has 0 radical (unpaired) electrons. The van der Waals surface area contributed by atoms with Gasteiger partial charge in [-0.05, 0) is 70.1 Å². The number of benzene rings is 7. The third-order valence-corrected chi connectivity index (χ3v) is 8.84. The molecule has 0 spiro atoms. The van der Waals surface area contributed by atoms with E-state index in [-0.39, 0.29) is 0 Å². The van der Waals surface area contributed by atoms with Gasteiger partial charge < -0.3 is 9.32 Å². The number of anilines is 3. The second-order valence-corrected chi connectivity index (χ2v) is 12.0. The quantitative estimate of drug-likeness (QED) is 0.195. The lowest BCUT2D eigenvalue weighted by molar-refractivity contribution is 0.672. The fourth-order valence-electron chi connectivity index (χ4n) is 6.62. The Labute approximate surface area is 263 Å². The molecule has 0 aliphatic carbocycles. The van der Waals surface area contributed by atoms with Crippen molar-refractivity contribution < 1.29 is 4.42 Å². The van der Waals surface area contributed by atoms with Gasteiger partial charge in [0, 0.05) is 32.9 Å². The smallest absolute Gasteiger partial charge is 0.143 e. The Bertz CT molecular complexity index is 2260. The lowest BCUT2D eigenvalue weighted by atomic mass is 9.95. The van der Waals surface area contributed by atoms with Crippen LogP contribution in [0.3, 0.4) is 0 Å². The minimum Gasteiger partial charge on any atom is -0.455 e. The molecule has 0 N–H and O–H groups in total. The summed E-state index contributed by atoms with van der Waals surface area (Å²) in [7, 11) is 0. The van der Waals surface area contributed by atoms with E-state index in [1.165, 1.54) is 33.2 Å². The average molecular weight is 580 g/mol. The van der Waals surface area contributed by atoms with E-state index in [4.69, 9.17) is 4.42 Å². The lowest BCUT2D eigenvalue weighted by Gasteiger charge is -2.27. The molecule has 0 saturated heterocycles. The first-order valence-electron chi connectivity index (χ1n) is 15.6. The maximum atomic E-state index is 6.59. The Morgan fingerprint density at radius 2 is 1.00 bits per heavy atom. The second kappa shape index (κ2) is 11.2. The zero-order chi connectivity index (χ0) is 30.3. The highest BCUT2D eigenvalue weighted by Gasteiger charge is 2.21. The minimum atomic E-state index is 0.379. The number of furan rings is 1. The Hall–Kier alpha value is -5.60. The van der Waals surface area contributed by atoms with Gasteiger partial charge in [0.15, 0.2) is 0 Å². The van der Waals surface area contributed by atoms with Crippen LogP contribution >= 0.6 is 0 Å². The largest absolute Gasteiger partial charge is 0.455 e. The van der Waals surface area contributed by atoms with Crippen molar-refractivity contribution in [3.8, 4) is 22.3 Å². The van der Waals surface area contributed by atoms with Crippen LogP contribution < -0.4 is 4.90 Å². The zero-order valence-corrected chi connectivity index (χ0v) is 25.4. The van der Waals surface area contributed by atoms with Crippen LogP contribution in [0.15, 0.2) is 162 Å². The highest BCUT2D eigenvalue weighted by molar-refractivity contribution is 6.20. The van der Waals surface area contributed by atoms with Crippen molar-refractivity contribution >= 4 is 49.8 Å². The first kappa shape index (κ1) is 27.0. The van der Waals surface area contributed by atoms with Crippen molar-refractivity contribution in [2.75, 3.05) is 4.90 Å². The average Bonchev–Trinajstić information content (AvgIpc) is 3.49. The molecule has 0 amide bonds. The van der Waals surface area contributed by atoms with Crippen LogP contribution in [0.4, 0.5) is 17.1 Å². The molecule has 8 rings (SSSR count). The van der Waals surface area contributed by atoms with Gasteiger partial charge in [-0.15, -0.1) is 0 Å². The van der Waals surface area contributed by atoms with Crippen LogP contribution in [0.2, 0.25) is 0 Å². The Balaban J connectivity index is 1.29. The first-order valence-corrected chi connectivity index (χ1v) is 15.6. The van der Waals surface area contributed by atoms with Crippen molar-refractivity contribution in [3.63, 3.8) is 0 Å². The molecule has 216 valence electrons. The summed E-state index contributed by atoms with van der Waals surface area (Å²) in [5.41, 5.74) is 11.4. The van der Waals surface area contributed by atoms with Gasteiger partial charge >= 0.3 is 0 Å². The molecule has 0 saturated carbocycles. The highest BCUT2D eigenvalue weighted by Crippen LogP contribution is 2.45. The van der Waals surface area contributed by atoms with Crippen LogP contribution in [0.25, 0.3) is 55.0 Å². The van der Waals surface area contributed by atoms with Crippen LogP contribution in [-0.2, 0) is 0 Å². The van der Waals surface area contributed by atoms with E-state index < -0.39 is 0 Å². The Kier molecular flexibility index (Phi) is 6.69. The van der Waals surface area contributed by atoms with Gasteiger partial charge in [0.2, 0.25) is 0 Å². The van der Waals surface area contributed by atoms with E-state index in [0.29, 0.717) is 5.92 Å². The third kappa shape index (κ3) is 4.76. The van der Waals surface area contributed by atoms with Crippen molar-refractivity contribution in [1.82, 2.24) is 0 Å². The number of rotatable bonds is 6. The third-order valence-electron chi connectivity index (χ3n) is 8.84. The molecule has 2 nitrogen and oxygen atoms in total. The number of fused-ring (bicyclic) bond motifs is 5. The van der Waals surface area contributed by atoms with Crippen LogP contribution in [-0.4, -0.2) is 0 Å². The molecule has 0 aliphatic heterocycles. The summed E-state index contributed by atoms with van der Waals surface area (Å²) in [4.78, 5) is 2.38. The molecule has 7 aromatic carbocycles. The van der Waals surface area contributed by atoms with Gasteiger partial charge in [0.25, 0.3) is 0 Å². The van der Waals surface area contributed by atoms with E-state index in [1.54, 1.807) is 0 Å². The van der Waals surface area contributed by atoms with Gasteiger partial charge in [-0.3, -0.25) is 0 Å². The second-order valence-electron chi connectivity index (χ2n) is 12.0. The molecule has 0 unspecified atom stereocenters. The molecule has 8 aromatic rings. The molecule has 0 atom stereocenters. The Morgan fingerprint density at radius 3 is 1.64 bits per heavy atom. The first-order chi connectivity index (χ1) is 22.2. The summed E-state index contributed by atoms with van der Waals surface area (Å²) in [6, 6.07) is 56.3. The lowest BCUT2D eigenvalue weighted by Crippen LogP contribution is -2.10. The normalized spacial score (nSPS) is 11.5. The molecule has 2 heteroatoms. The fourth-order valence-corrected chi connectivity index (χ4v) is 6.62. The zero-order valence-electron chi connectivity index (χ0n) is 25.4. The van der Waals surface area contributed by atoms with Crippen molar-refractivity contribution in [1.29, 1.82) is 0 Å². The number of hydrogen-bond acceptors (Lipinski definition) is 2.